The lowest BCUT2D eigenvalue weighted by molar-refractivity contribution is 0.0697. The Morgan fingerprint density at radius 3 is 2.25 bits per heavy atom. The minimum Gasteiger partial charge on any atom is -0.488 e. The first kappa shape index (κ1) is 22.3. The predicted octanol–water partition coefficient (Wildman–Crippen LogP) is 7.54. The molecule has 0 saturated heterocycles. The van der Waals surface area contributed by atoms with E-state index in [0.717, 1.165) is 23.3 Å². The number of benzene rings is 2. The van der Waals surface area contributed by atoms with Gasteiger partial charge < -0.3 is 9.84 Å². The van der Waals surface area contributed by atoms with Crippen LogP contribution in [0.15, 0.2) is 53.2 Å². The van der Waals surface area contributed by atoms with Crippen molar-refractivity contribution in [1.82, 2.24) is 0 Å². The maximum absolute atomic E-state index is 11.1. The van der Waals surface area contributed by atoms with Gasteiger partial charge in [0.25, 0.3) is 0 Å². The molecule has 2 aromatic carbocycles. The summed E-state index contributed by atoms with van der Waals surface area (Å²) in [6, 6.07) is 13.6. The largest absolute Gasteiger partial charge is 0.488 e. The number of thiophene rings is 1. The van der Waals surface area contributed by atoms with E-state index in [4.69, 9.17) is 9.84 Å². The quantitative estimate of drug-likeness (QED) is 0.398. The number of carbonyl (C=O) groups is 1. The summed E-state index contributed by atoms with van der Waals surface area (Å²) >= 11 is 1.63. The molecule has 0 atom stereocenters. The van der Waals surface area contributed by atoms with E-state index < -0.39 is 5.97 Å². The van der Waals surface area contributed by atoms with Gasteiger partial charge in [-0.1, -0.05) is 64.1 Å². The maximum Gasteiger partial charge on any atom is 0.335 e. The molecule has 166 valence electrons. The molecule has 3 aromatic rings. The van der Waals surface area contributed by atoms with Crippen LogP contribution in [0.4, 0.5) is 0 Å². The number of fused-ring (bicyclic) bond motifs is 1. The first-order valence-electron chi connectivity index (χ1n) is 11.0. The van der Waals surface area contributed by atoms with Gasteiger partial charge in [0.2, 0.25) is 0 Å². The van der Waals surface area contributed by atoms with Gasteiger partial charge in [0, 0.05) is 5.38 Å². The molecule has 4 rings (SSSR count). The average molecular weight is 447 g/mol. The van der Waals surface area contributed by atoms with Crippen LogP contribution in [0.5, 0.6) is 5.75 Å². The first-order valence-corrected chi connectivity index (χ1v) is 11.9. The zero-order chi connectivity index (χ0) is 22.9. The molecular weight excluding hydrogens is 416 g/mol. The standard InChI is InChI=1S/C28H30O3S/c1-27(2)12-13-28(3,4)25-16-22(17-31-23-11-14-32-18-23)21(15-24(25)27)10-7-19-5-8-20(9-6-19)26(29)30/h5-11,14-16,18H,12-13,17H2,1-4H3,(H,29,30)/b10-7+. The second-order valence-electron chi connectivity index (χ2n) is 9.87. The molecule has 32 heavy (non-hydrogen) atoms. The number of ether oxygens (including phenoxy) is 1. The molecule has 1 aliphatic carbocycles. The highest BCUT2D eigenvalue weighted by molar-refractivity contribution is 7.08. The van der Waals surface area contributed by atoms with E-state index in [1.807, 2.05) is 35.0 Å². The smallest absolute Gasteiger partial charge is 0.335 e. The third-order valence-electron chi connectivity index (χ3n) is 6.62. The van der Waals surface area contributed by atoms with Crippen molar-refractivity contribution in [1.29, 1.82) is 0 Å². The Kier molecular flexibility index (Phi) is 6.00. The fourth-order valence-corrected chi connectivity index (χ4v) is 4.95. The van der Waals surface area contributed by atoms with Crippen LogP contribution in [0.3, 0.4) is 0 Å². The van der Waals surface area contributed by atoms with Crippen LogP contribution < -0.4 is 4.74 Å². The van der Waals surface area contributed by atoms with E-state index in [0.29, 0.717) is 12.2 Å². The summed E-state index contributed by atoms with van der Waals surface area (Å²) < 4.78 is 6.09. The Hall–Kier alpha value is -2.85. The molecule has 1 heterocycles. The van der Waals surface area contributed by atoms with Crippen molar-refractivity contribution in [2.45, 2.75) is 58.0 Å². The van der Waals surface area contributed by atoms with Crippen LogP contribution in [0.2, 0.25) is 0 Å². The molecule has 0 aliphatic heterocycles. The van der Waals surface area contributed by atoms with E-state index in [2.05, 4.69) is 45.9 Å². The normalized spacial score (nSPS) is 16.6. The highest BCUT2D eigenvalue weighted by atomic mass is 32.1. The zero-order valence-corrected chi connectivity index (χ0v) is 20.0. The van der Waals surface area contributed by atoms with Gasteiger partial charge in [0.1, 0.15) is 12.4 Å². The molecular formula is C28H30O3S. The topological polar surface area (TPSA) is 46.5 Å². The Morgan fingerprint density at radius 1 is 1.00 bits per heavy atom. The van der Waals surface area contributed by atoms with Crippen LogP contribution in [0.1, 0.15) is 78.7 Å². The van der Waals surface area contributed by atoms with Crippen LogP contribution in [0.25, 0.3) is 12.2 Å². The van der Waals surface area contributed by atoms with Crippen molar-refractivity contribution in [2.24, 2.45) is 0 Å². The van der Waals surface area contributed by atoms with Crippen molar-refractivity contribution < 1.29 is 14.6 Å². The Bertz CT molecular complexity index is 1140. The lowest BCUT2D eigenvalue weighted by Gasteiger charge is -2.42. The van der Waals surface area contributed by atoms with Gasteiger partial charge in [-0.15, -0.1) is 11.3 Å². The number of carboxylic acid groups (broad SMARTS) is 1. The van der Waals surface area contributed by atoms with E-state index in [-0.39, 0.29) is 10.8 Å². The van der Waals surface area contributed by atoms with Gasteiger partial charge in [0.15, 0.2) is 0 Å². The van der Waals surface area contributed by atoms with Crippen LogP contribution in [-0.2, 0) is 17.4 Å². The SMILES string of the molecule is CC1(C)CCC(C)(C)c2cc(COc3ccsc3)c(/C=C/c3ccc(C(=O)O)cc3)cc21. The van der Waals surface area contributed by atoms with E-state index in [1.165, 1.54) is 23.1 Å². The van der Waals surface area contributed by atoms with Crippen molar-refractivity contribution in [3.63, 3.8) is 0 Å². The number of hydrogen-bond donors (Lipinski definition) is 1. The maximum atomic E-state index is 11.1. The summed E-state index contributed by atoms with van der Waals surface area (Å²) in [5, 5.41) is 13.2. The average Bonchev–Trinajstić information content (AvgIpc) is 3.28. The number of carboxylic acids is 1. The molecule has 1 aromatic heterocycles. The molecule has 1 N–H and O–H groups in total. The summed E-state index contributed by atoms with van der Waals surface area (Å²) in [6.45, 7) is 9.85. The van der Waals surface area contributed by atoms with Crippen molar-refractivity contribution in [2.75, 3.05) is 0 Å². The Balaban J connectivity index is 1.73. The van der Waals surface area contributed by atoms with Gasteiger partial charge in [-0.05, 0) is 75.1 Å². The monoisotopic (exact) mass is 446 g/mol. The molecule has 0 bridgehead atoms. The molecule has 0 saturated carbocycles. The number of hydrogen-bond acceptors (Lipinski definition) is 3. The second-order valence-corrected chi connectivity index (χ2v) is 10.7. The summed E-state index contributed by atoms with van der Waals surface area (Å²) in [5.41, 5.74) is 6.67. The second kappa shape index (κ2) is 8.59. The summed E-state index contributed by atoms with van der Waals surface area (Å²) in [5.74, 6) is -0.0144. The van der Waals surface area contributed by atoms with Crippen LogP contribution in [0, 0.1) is 0 Å². The Morgan fingerprint density at radius 2 is 1.66 bits per heavy atom. The lowest BCUT2D eigenvalue weighted by Crippen LogP contribution is -2.34. The molecule has 0 unspecified atom stereocenters. The van der Waals surface area contributed by atoms with Crippen molar-refractivity contribution in [3.05, 3.63) is 86.6 Å². The lowest BCUT2D eigenvalue weighted by atomic mass is 9.62. The van der Waals surface area contributed by atoms with Crippen molar-refractivity contribution in [3.8, 4) is 5.75 Å². The molecule has 3 nitrogen and oxygen atoms in total. The highest BCUT2D eigenvalue weighted by Gasteiger charge is 2.37. The van der Waals surface area contributed by atoms with Gasteiger partial charge in [-0.2, -0.15) is 0 Å². The summed E-state index contributed by atoms with van der Waals surface area (Å²) in [7, 11) is 0. The highest BCUT2D eigenvalue weighted by Crippen LogP contribution is 2.46. The third kappa shape index (κ3) is 4.66. The minimum atomic E-state index is -0.909. The van der Waals surface area contributed by atoms with Gasteiger partial charge in [0.05, 0.1) is 5.56 Å². The summed E-state index contributed by atoms with van der Waals surface area (Å²) in [4.78, 5) is 11.1. The fourth-order valence-electron chi connectivity index (χ4n) is 4.37. The van der Waals surface area contributed by atoms with Gasteiger partial charge in [-0.25, -0.2) is 4.79 Å². The number of aromatic carboxylic acids is 1. The molecule has 0 radical (unpaired) electrons. The Labute approximate surface area is 194 Å². The van der Waals surface area contributed by atoms with Crippen molar-refractivity contribution >= 4 is 29.5 Å². The number of rotatable bonds is 6. The van der Waals surface area contributed by atoms with E-state index >= 15 is 0 Å². The zero-order valence-electron chi connectivity index (χ0n) is 19.1. The van der Waals surface area contributed by atoms with Gasteiger partial charge >= 0.3 is 5.97 Å². The summed E-state index contributed by atoms with van der Waals surface area (Å²) in [6.07, 6.45) is 6.50. The molecule has 0 fully saturated rings. The van der Waals surface area contributed by atoms with E-state index in [9.17, 15) is 4.79 Å². The van der Waals surface area contributed by atoms with Crippen LogP contribution >= 0.6 is 11.3 Å². The molecule has 0 amide bonds. The van der Waals surface area contributed by atoms with Gasteiger partial charge in [-0.3, -0.25) is 0 Å². The molecule has 4 heteroatoms. The minimum absolute atomic E-state index is 0.128. The fraction of sp³-hybridized carbons (Fsp3) is 0.321. The third-order valence-corrected chi connectivity index (χ3v) is 7.28. The van der Waals surface area contributed by atoms with Crippen LogP contribution in [-0.4, -0.2) is 11.1 Å². The first-order chi connectivity index (χ1) is 15.2. The molecule has 0 spiro atoms. The predicted molar refractivity (Wildman–Crippen MR) is 133 cm³/mol. The molecule has 1 aliphatic rings. The van der Waals surface area contributed by atoms with E-state index in [1.54, 1.807) is 23.5 Å².